The van der Waals surface area contributed by atoms with Crippen LogP contribution in [0.2, 0.25) is 0 Å². The first-order valence-corrected chi connectivity index (χ1v) is 7.31. The Balaban J connectivity index is 1.98. The molecular formula is C14H19ClNO3-. The number of nitrogens with one attached hydrogen (secondary N) is 1. The van der Waals surface area contributed by atoms with Gasteiger partial charge in [0.25, 0.3) is 0 Å². The van der Waals surface area contributed by atoms with E-state index >= 15 is 0 Å². The van der Waals surface area contributed by atoms with Crippen molar-refractivity contribution in [1.82, 2.24) is 5.32 Å². The molecule has 2 atom stereocenters. The Hall–Kier alpha value is -1.03. The lowest BCUT2D eigenvalue weighted by Crippen LogP contribution is -2.47. The summed E-state index contributed by atoms with van der Waals surface area (Å²) in [7, 11) is 0. The van der Waals surface area contributed by atoms with Gasteiger partial charge in [-0.1, -0.05) is 36.9 Å². The Bertz CT molecular complexity index is 388. The van der Waals surface area contributed by atoms with Crippen LogP contribution in [0.15, 0.2) is 11.1 Å². The van der Waals surface area contributed by atoms with Gasteiger partial charge in [0.1, 0.15) is 0 Å². The average Bonchev–Trinajstić information content (AvgIpc) is 2.39. The Morgan fingerprint density at radius 3 is 2.53 bits per heavy atom. The molecule has 0 aliphatic heterocycles. The summed E-state index contributed by atoms with van der Waals surface area (Å²) in [5, 5.41) is 14.7. The molecular weight excluding hydrogens is 266 g/mol. The zero-order chi connectivity index (χ0) is 13.8. The van der Waals surface area contributed by atoms with Crippen LogP contribution < -0.4 is 10.4 Å². The van der Waals surface area contributed by atoms with Gasteiger partial charge < -0.3 is 15.2 Å². The molecule has 0 saturated heterocycles. The molecule has 1 fully saturated rings. The number of amides is 1. The van der Waals surface area contributed by atoms with E-state index in [1.54, 1.807) is 6.08 Å². The van der Waals surface area contributed by atoms with Crippen molar-refractivity contribution in [3.05, 3.63) is 11.1 Å². The maximum atomic E-state index is 12.2. The molecule has 1 amide bonds. The predicted molar refractivity (Wildman–Crippen MR) is 70.2 cm³/mol. The highest BCUT2D eigenvalue weighted by Gasteiger charge is 2.33. The third-order valence-corrected chi connectivity index (χ3v) is 4.39. The first kappa shape index (κ1) is 14.4. The highest BCUT2D eigenvalue weighted by Crippen LogP contribution is 2.32. The van der Waals surface area contributed by atoms with Gasteiger partial charge in [-0.3, -0.25) is 4.79 Å². The first-order chi connectivity index (χ1) is 9.08. The SMILES string of the molecule is O=C([O-])[C@@H]1CC=C(Cl)C[C@H]1C(=O)NC1CCCCC1. The third-order valence-electron chi connectivity index (χ3n) is 4.08. The fraction of sp³-hybridized carbons (Fsp3) is 0.714. The standard InChI is InChI=1S/C14H20ClNO3/c15-9-6-7-11(14(18)19)12(8-9)13(17)16-10-4-2-1-3-5-10/h6,10-12H,1-5,7-8H2,(H,16,17)(H,18,19)/p-1/t11-,12-/m1/s1. The number of carbonyl (C=O) groups is 2. The fourth-order valence-electron chi connectivity index (χ4n) is 2.95. The van der Waals surface area contributed by atoms with E-state index in [2.05, 4.69) is 5.32 Å². The molecule has 0 unspecified atom stereocenters. The van der Waals surface area contributed by atoms with Gasteiger partial charge >= 0.3 is 0 Å². The van der Waals surface area contributed by atoms with Crippen molar-refractivity contribution < 1.29 is 14.7 Å². The van der Waals surface area contributed by atoms with Crippen molar-refractivity contribution in [3.63, 3.8) is 0 Å². The number of hydrogen-bond donors (Lipinski definition) is 1. The molecule has 0 aromatic rings. The van der Waals surface area contributed by atoms with Crippen molar-refractivity contribution in [2.45, 2.75) is 51.0 Å². The molecule has 5 heteroatoms. The Kier molecular flexibility index (Phi) is 4.86. The number of allylic oxidation sites excluding steroid dienone is 2. The van der Waals surface area contributed by atoms with Crippen LogP contribution in [-0.4, -0.2) is 17.9 Å². The molecule has 1 saturated carbocycles. The molecule has 0 bridgehead atoms. The van der Waals surface area contributed by atoms with Crippen LogP contribution in [0.4, 0.5) is 0 Å². The van der Waals surface area contributed by atoms with Crippen LogP contribution in [-0.2, 0) is 9.59 Å². The van der Waals surface area contributed by atoms with E-state index in [4.69, 9.17) is 11.6 Å². The van der Waals surface area contributed by atoms with E-state index in [1.165, 1.54) is 6.42 Å². The quantitative estimate of drug-likeness (QED) is 0.850. The van der Waals surface area contributed by atoms with Crippen LogP contribution in [0.3, 0.4) is 0 Å². The lowest BCUT2D eigenvalue weighted by atomic mass is 9.82. The van der Waals surface area contributed by atoms with Gasteiger partial charge in [0, 0.05) is 23.0 Å². The molecule has 4 nitrogen and oxygen atoms in total. The Labute approximate surface area is 118 Å². The molecule has 2 rings (SSSR count). The van der Waals surface area contributed by atoms with Gasteiger partial charge in [-0.15, -0.1) is 0 Å². The highest BCUT2D eigenvalue weighted by atomic mass is 35.5. The zero-order valence-electron chi connectivity index (χ0n) is 10.9. The second kappa shape index (κ2) is 6.42. The van der Waals surface area contributed by atoms with Crippen LogP contribution in [0.25, 0.3) is 0 Å². The molecule has 0 aromatic carbocycles. The molecule has 0 radical (unpaired) electrons. The van der Waals surface area contributed by atoms with E-state index in [9.17, 15) is 14.7 Å². The van der Waals surface area contributed by atoms with E-state index < -0.39 is 17.8 Å². The number of rotatable bonds is 3. The summed E-state index contributed by atoms with van der Waals surface area (Å²) in [4.78, 5) is 23.3. The molecule has 0 aromatic heterocycles. The van der Waals surface area contributed by atoms with E-state index in [0.717, 1.165) is 25.7 Å². The molecule has 19 heavy (non-hydrogen) atoms. The molecule has 1 N–H and O–H groups in total. The minimum absolute atomic E-state index is 0.188. The zero-order valence-corrected chi connectivity index (χ0v) is 11.6. The van der Waals surface area contributed by atoms with Gasteiger partial charge in [-0.05, 0) is 25.7 Å². The minimum Gasteiger partial charge on any atom is -0.550 e. The summed E-state index contributed by atoms with van der Waals surface area (Å²) in [6.07, 6.45) is 7.69. The number of carboxylic acid groups (broad SMARTS) is 1. The summed E-state index contributed by atoms with van der Waals surface area (Å²) in [5.74, 6) is -2.70. The van der Waals surface area contributed by atoms with Gasteiger partial charge in [-0.2, -0.15) is 0 Å². The lowest BCUT2D eigenvalue weighted by molar-refractivity contribution is -0.313. The second-order valence-electron chi connectivity index (χ2n) is 5.47. The van der Waals surface area contributed by atoms with Gasteiger partial charge in [0.2, 0.25) is 5.91 Å². The number of carbonyl (C=O) groups excluding carboxylic acids is 2. The lowest BCUT2D eigenvalue weighted by Gasteiger charge is -2.32. The second-order valence-corrected chi connectivity index (χ2v) is 5.95. The van der Waals surface area contributed by atoms with E-state index in [-0.39, 0.29) is 18.4 Å². The average molecular weight is 285 g/mol. The van der Waals surface area contributed by atoms with Crippen LogP contribution in [0, 0.1) is 11.8 Å². The van der Waals surface area contributed by atoms with E-state index in [1.807, 2.05) is 0 Å². The summed E-state index contributed by atoms with van der Waals surface area (Å²) in [5.41, 5.74) is 0. The molecule has 0 heterocycles. The Morgan fingerprint density at radius 2 is 1.89 bits per heavy atom. The van der Waals surface area contributed by atoms with Crippen molar-refractivity contribution in [1.29, 1.82) is 0 Å². The number of carboxylic acids is 1. The van der Waals surface area contributed by atoms with Crippen LogP contribution >= 0.6 is 11.6 Å². The normalized spacial score (nSPS) is 28.6. The first-order valence-electron chi connectivity index (χ1n) is 6.93. The highest BCUT2D eigenvalue weighted by molar-refractivity contribution is 6.29. The molecule has 2 aliphatic carbocycles. The number of halogens is 1. The summed E-state index contributed by atoms with van der Waals surface area (Å²) < 4.78 is 0. The van der Waals surface area contributed by atoms with Crippen LogP contribution in [0.1, 0.15) is 44.9 Å². The summed E-state index contributed by atoms with van der Waals surface area (Å²) in [6, 6.07) is 0.188. The van der Waals surface area contributed by atoms with Gasteiger partial charge in [0.05, 0.1) is 5.92 Å². The number of aliphatic carboxylic acids is 1. The fourth-order valence-corrected chi connectivity index (χ4v) is 3.20. The van der Waals surface area contributed by atoms with Crippen molar-refractivity contribution in [2.24, 2.45) is 11.8 Å². The van der Waals surface area contributed by atoms with Crippen molar-refractivity contribution >= 4 is 23.5 Å². The van der Waals surface area contributed by atoms with Crippen molar-refractivity contribution in [2.75, 3.05) is 0 Å². The molecule has 106 valence electrons. The number of hydrogen-bond acceptors (Lipinski definition) is 3. The van der Waals surface area contributed by atoms with Gasteiger partial charge in [-0.25, -0.2) is 0 Å². The van der Waals surface area contributed by atoms with Crippen LogP contribution in [0.5, 0.6) is 0 Å². The molecule has 0 spiro atoms. The Morgan fingerprint density at radius 1 is 1.21 bits per heavy atom. The summed E-state index contributed by atoms with van der Waals surface area (Å²) >= 11 is 5.94. The largest absolute Gasteiger partial charge is 0.550 e. The maximum absolute atomic E-state index is 12.2. The smallest absolute Gasteiger partial charge is 0.224 e. The maximum Gasteiger partial charge on any atom is 0.224 e. The van der Waals surface area contributed by atoms with Gasteiger partial charge in [0.15, 0.2) is 0 Å². The minimum atomic E-state index is -1.16. The summed E-state index contributed by atoms with van der Waals surface area (Å²) in [6.45, 7) is 0. The topological polar surface area (TPSA) is 69.2 Å². The monoisotopic (exact) mass is 284 g/mol. The third kappa shape index (κ3) is 3.72. The predicted octanol–water partition coefficient (Wildman–Crippen LogP) is 1.33. The van der Waals surface area contributed by atoms with Crippen molar-refractivity contribution in [3.8, 4) is 0 Å². The van der Waals surface area contributed by atoms with E-state index in [0.29, 0.717) is 11.5 Å². The molecule has 2 aliphatic rings.